The summed E-state index contributed by atoms with van der Waals surface area (Å²) < 4.78 is 0. The Bertz CT molecular complexity index is 1000. The standard InChI is InChI=1S/C21H18N2O2S/c1-13(19-21(25)23-17-8-4-5-9-18(17)26-19)20(24)22-16-11-10-14-6-2-3-7-15(14)12-16/h2-13,19H,1H3,(H,22,24)(H,23,25). The molecule has 5 heteroatoms. The van der Waals surface area contributed by atoms with E-state index >= 15 is 0 Å². The topological polar surface area (TPSA) is 58.2 Å². The molecule has 4 rings (SSSR count). The summed E-state index contributed by atoms with van der Waals surface area (Å²) in [6, 6.07) is 21.5. The number of nitrogens with one attached hydrogen (secondary N) is 2. The van der Waals surface area contributed by atoms with Gasteiger partial charge >= 0.3 is 0 Å². The van der Waals surface area contributed by atoms with E-state index in [0.29, 0.717) is 0 Å². The lowest BCUT2D eigenvalue weighted by Crippen LogP contribution is -2.39. The third-order valence-electron chi connectivity index (χ3n) is 4.54. The van der Waals surface area contributed by atoms with Crippen LogP contribution in [0.1, 0.15) is 6.92 Å². The van der Waals surface area contributed by atoms with Crippen molar-refractivity contribution >= 4 is 45.7 Å². The molecular weight excluding hydrogens is 344 g/mol. The Labute approximate surface area is 156 Å². The molecule has 26 heavy (non-hydrogen) atoms. The summed E-state index contributed by atoms with van der Waals surface area (Å²) in [5.41, 5.74) is 1.54. The summed E-state index contributed by atoms with van der Waals surface area (Å²) in [6.07, 6.45) is 0. The zero-order valence-corrected chi connectivity index (χ0v) is 15.0. The van der Waals surface area contributed by atoms with Crippen molar-refractivity contribution < 1.29 is 9.59 Å². The van der Waals surface area contributed by atoms with Crippen molar-refractivity contribution in [2.24, 2.45) is 5.92 Å². The van der Waals surface area contributed by atoms with Gasteiger partial charge in [-0.1, -0.05) is 49.4 Å². The molecule has 2 unspecified atom stereocenters. The number of carbonyl (C=O) groups is 2. The van der Waals surface area contributed by atoms with E-state index < -0.39 is 11.2 Å². The number of amides is 2. The Morgan fingerprint density at radius 3 is 2.62 bits per heavy atom. The first-order valence-electron chi connectivity index (χ1n) is 8.48. The summed E-state index contributed by atoms with van der Waals surface area (Å²) in [5.74, 6) is -0.748. The van der Waals surface area contributed by atoms with Gasteiger partial charge in [0.05, 0.1) is 16.9 Å². The summed E-state index contributed by atoms with van der Waals surface area (Å²) in [7, 11) is 0. The van der Waals surface area contributed by atoms with Gasteiger partial charge in [0, 0.05) is 10.6 Å². The van der Waals surface area contributed by atoms with Crippen molar-refractivity contribution in [1.82, 2.24) is 0 Å². The Morgan fingerprint density at radius 1 is 1.04 bits per heavy atom. The number of fused-ring (bicyclic) bond motifs is 2. The fourth-order valence-electron chi connectivity index (χ4n) is 3.06. The van der Waals surface area contributed by atoms with Crippen LogP contribution in [0.3, 0.4) is 0 Å². The quantitative estimate of drug-likeness (QED) is 0.720. The first kappa shape index (κ1) is 16.7. The first-order valence-corrected chi connectivity index (χ1v) is 9.36. The van der Waals surface area contributed by atoms with E-state index in [9.17, 15) is 9.59 Å². The van der Waals surface area contributed by atoms with Gasteiger partial charge in [0.25, 0.3) is 0 Å². The highest BCUT2D eigenvalue weighted by molar-refractivity contribution is 8.01. The van der Waals surface area contributed by atoms with Crippen LogP contribution < -0.4 is 10.6 Å². The molecule has 0 saturated heterocycles. The van der Waals surface area contributed by atoms with Crippen LogP contribution in [0, 0.1) is 5.92 Å². The number of hydrogen-bond acceptors (Lipinski definition) is 3. The van der Waals surface area contributed by atoms with Gasteiger partial charge in [0.15, 0.2) is 0 Å². The molecule has 2 amide bonds. The average Bonchev–Trinajstić information content (AvgIpc) is 2.66. The SMILES string of the molecule is CC(C(=O)Nc1ccc2ccccc2c1)C1Sc2ccccc2NC1=O. The van der Waals surface area contributed by atoms with E-state index in [1.807, 2.05) is 66.7 Å². The van der Waals surface area contributed by atoms with Crippen molar-refractivity contribution in [1.29, 1.82) is 0 Å². The molecule has 2 N–H and O–H groups in total. The van der Waals surface area contributed by atoms with Crippen LogP contribution in [0.25, 0.3) is 10.8 Å². The monoisotopic (exact) mass is 362 g/mol. The van der Waals surface area contributed by atoms with Gasteiger partial charge in [-0.15, -0.1) is 11.8 Å². The van der Waals surface area contributed by atoms with Gasteiger partial charge in [0.1, 0.15) is 0 Å². The highest BCUT2D eigenvalue weighted by atomic mass is 32.2. The molecule has 130 valence electrons. The van der Waals surface area contributed by atoms with Crippen molar-refractivity contribution in [3.05, 3.63) is 66.7 Å². The van der Waals surface area contributed by atoms with Crippen LogP contribution in [0.5, 0.6) is 0 Å². The number of rotatable bonds is 3. The van der Waals surface area contributed by atoms with Crippen LogP contribution >= 0.6 is 11.8 Å². The number of hydrogen-bond donors (Lipinski definition) is 2. The van der Waals surface area contributed by atoms with Crippen molar-refractivity contribution in [2.45, 2.75) is 17.1 Å². The molecule has 3 aromatic rings. The maximum Gasteiger partial charge on any atom is 0.238 e. The highest BCUT2D eigenvalue weighted by Gasteiger charge is 2.35. The first-order chi connectivity index (χ1) is 12.6. The van der Waals surface area contributed by atoms with Crippen LogP contribution in [0.15, 0.2) is 71.6 Å². The molecule has 0 radical (unpaired) electrons. The van der Waals surface area contributed by atoms with Gasteiger partial charge in [-0.25, -0.2) is 0 Å². The van der Waals surface area contributed by atoms with Crippen LogP contribution in [-0.2, 0) is 9.59 Å². The van der Waals surface area contributed by atoms with Crippen molar-refractivity contribution in [3.63, 3.8) is 0 Å². The number of thioether (sulfide) groups is 1. The molecular formula is C21H18N2O2S. The van der Waals surface area contributed by atoms with E-state index in [1.165, 1.54) is 11.8 Å². The molecule has 0 fully saturated rings. The molecule has 1 aliphatic rings. The molecule has 1 heterocycles. The minimum absolute atomic E-state index is 0.130. The lowest BCUT2D eigenvalue weighted by Gasteiger charge is -2.27. The van der Waals surface area contributed by atoms with E-state index in [1.54, 1.807) is 6.92 Å². The Balaban J connectivity index is 1.51. The summed E-state index contributed by atoms with van der Waals surface area (Å²) in [5, 5.41) is 7.57. The predicted molar refractivity (Wildman–Crippen MR) is 106 cm³/mol. The molecule has 0 aromatic heterocycles. The Kier molecular flexibility index (Phi) is 4.39. The maximum atomic E-state index is 12.7. The molecule has 4 nitrogen and oxygen atoms in total. The minimum atomic E-state index is -0.458. The molecule has 0 saturated carbocycles. The van der Waals surface area contributed by atoms with Gasteiger partial charge in [-0.3, -0.25) is 9.59 Å². The van der Waals surface area contributed by atoms with E-state index in [-0.39, 0.29) is 11.8 Å². The lowest BCUT2D eigenvalue weighted by atomic mass is 10.0. The van der Waals surface area contributed by atoms with Crippen molar-refractivity contribution in [2.75, 3.05) is 10.6 Å². The second-order valence-corrected chi connectivity index (χ2v) is 7.55. The summed E-state index contributed by atoms with van der Waals surface area (Å²) in [6.45, 7) is 1.79. The third-order valence-corrected chi connectivity index (χ3v) is 6.03. The van der Waals surface area contributed by atoms with E-state index in [2.05, 4.69) is 10.6 Å². The lowest BCUT2D eigenvalue weighted by molar-refractivity contribution is -0.123. The summed E-state index contributed by atoms with van der Waals surface area (Å²) >= 11 is 1.44. The maximum absolute atomic E-state index is 12.7. The normalized spacial score (nSPS) is 17.3. The van der Waals surface area contributed by atoms with Crippen LogP contribution in [-0.4, -0.2) is 17.1 Å². The molecule has 3 aromatic carbocycles. The second kappa shape index (κ2) is 6.84. The molecule has 0 spiro atoms. The van der Waals surface area contributed by atoms with Crippen LogP contribution in [0.2, 0.25) is 0 Å². The Morgan fingerprint density at radius 2 is 1.77 bits per heavy atom. The number of benzene rings is 3. The number of anilines is 2. The summed E-state index contributed by atoms with van der Waals surface area (Å²) in [4.78, 5) is 26.1. The van der Waals surface area contributed by atoms with Gasteiger partial charge in [-0.2, -0.15) is 0 Å². The zero-order chi connectivity index (χ0) is 18.1. The van der Waals surface area contributed by atoms with E-state index in [0.717, 1.165) is 27.0 Å². The minimum Gasteiger partial charge on any atom is -0.326 e. The van der Waals surface area contributed by atoms with E-state index in [4.69, 9.17) is 0 Å². The number of para-hydroxylation sites is 1. The fourth-order valence-corrected chi connectivity index (χ4v) is 4.23. The average molecular weight is 362 g/mol. The molecule has 1 aliphatic heterocycles. The zero-order valence-electron chi connectivity index (χ0n) is 14.2. The smallest absolute Gasteiger partial charge is 0.238 e. The van der Waals surface area contributed by atoms with Gasteiger partial charge < -0.3 is 10.6 Å². The third kappa shape index (κ3) is 3.18. The molecule has 0 aliphatic carbocycles. The fraction of sp³-hybridized carbons (Fsp3) is 0.143. The largest absolute Gasteiger partial charge is 0.326 e. The molecule has 2 atom stereocenters. The Hall–Kier alpha value is -2.79. The second-order valence-electron chi connectivity index (χ2n) is 6.36. The van der Waals surface area contributed by atoms with Gasteiger partial charge in [-0.05, 0) is 35.0 Å². The highest BCUT2D eigenvalue weighted by Crippen LogP contribution is 2.38. The van der Waals surface area contributed by atoms with Crippen LogP contribution in [0.4, 0.5) is 11.4 Å². The molecule has 0 bridgehead atoms. The number of carbonyl (C=O) groups excluding carboxylic acids is 2. The van der Waals surface area contributed by atoms with Gasteiger partial charge in [0.2, 0.25) is 11.8 Å². The van der Waals surface area contributed by atoms with Crippen molar-refractivity contribution in [3.8, 4) is 0 Å². The predicted octanol–water partition coefficient (Wildman–Crippen LogP) is 4.53.